The maximum absolute atomic E-state index is 12.0. The highest BCUT2D eigenvalue weighted by Gasteiger charge is 2.31. The summed E-state index contributed by atoms with van der Waals surface area (Å²) in [6.07, 6.45) is 0. The molecule has 0 saturated heterocycles. The number of amides is 2. The molecule has 0 aromatic heterocycles. The molecule has 0 aliphatic carbocycles. The first-order valence-electron chi connectivity index (χ1n) is 6.19. The van der Waals surface area contributed by atoms with Gasteiger partial charge >= 0.3 is 18.0 Å². The molecule has 20 heavy (non-hydrogen) atoms. The minimum atomic E-state index is -1.43. The Kier molecular flexibility index (Phi) is 7.60. The second-order valence-electron chi connectivity index (χ2n) is 4.58. The summed E-state index contributed by atoms with van der Waals surface area (Å²) in [5.41, 5.74) is -1.43. The molecule has 0 rings (SSSR count). The number of aliphatic carboxylic acids is 1. The lowest BCUT2D eigenvalue weighted by Gasteiger charge is -2.27. The predicted molar refractivity (Wildman–Crippen MR) is 70.3 cm³/mol. The van der Waals surface area contributed by atoms with E-state index >= 15 is 0 Å². The van der Waals surface area contributed by atoms with E-state index in [-0.39, 0.29) is 26.3 Å². The van der Waals surface area contributed by atoms with Crippen LogP contribution in [0, 0.1) is 0 Å². The summed E-state index contributed by atoms with van der Waals surface area (Å²) >= 11 is 0. The minimum Gasteiger partial charge on any atom is -0.480 e. The first kappa shape index (κ1) is 18.2. The molecule has 0 heterocycles. The van der Waals surface area contributed by atoms with Gasteiger partial charge in [-0.15, -0.1) is 0 Å². The molecule has 0 fully saturated rings. The van der Waals surface area contributed by atoms with Crippen LogP contribution in [0.4, 0.5) is 4.79 Å². The summed E-state index contributed by atoms with van der Waals surface area (Å²) in [5, 5.41) is 11.3. The second-order valence-corrected chi connectivity index (χ2v) is 4.58. The molecule has 2 N–H and O–H groups in total. The van der Waals surface area contributed by atoms with Crippen molar-refractivity contribution in [2.75, 3.05) is 33.4 Å². The van der Waals surface area contributed by atoms with Gasteiger partial charge in [-0.3, -0.25) is 4.79 Å². The summed E-state index contributed by atoms with van der Waals surface area (Å²) in [5.74, 6) is -1.74. The van der Waals surface area contributed by atoms with Crippen molar-refractivity contribution in [3.63, 3.8) is 0 Å². The number of nitrogens with zero attached hydrogens (tertiary/aromatic N) is 1. The van der Waals surface area contributed by atoms with Gasteiger partial charge in [0.1, 0.15) is 12.1 Å². The fraction of sp³-hybridized carbons (Fsp3) is 0.750. The Balaban J connectivity index is 4.71. The molecule has 0 aliphatic rings. The van der Waals surface area contributed by atoms with Crippen molar-refractivity contribution in [2.24, 2.45) is 0 Å². The Bertz CT molecular complexity index is 356. The number of hydrogen-bond donors (Lipinski definition) is 2. The SMILES string of the molecule is CCOC(=O)CN(CCOC)C(=O)NC(C)(C)C(=O)O. The fourth-order valence-electron chi connectivity index (χ4n) is 1.22. The van der Waals surface area contributed by atoms with E-state index in [1.807, 2.05) is 0 Å². The Morgan fingerprint density at radius 1 is 1.30 bits per heavy atom. The van der Waals surface area contributed by atoms with Crippen LogP contribution in [-0.4, -0.2) is 66.9 Å². The number of urea groups is 1. The molecule has 0 spiro atoms. The highest BCUT2D eigenvalue weighted by molar-refractivity contribution is 5.87. The van der Waals surface area contributed by atoms with Gasteiger partial charge in [0.2, 0.25) is 0 Å². The molecule has 8 heteroatoms. The number of carbonyl (C=O) groups is 3. The zero-order valence-electron chi connectivity index (χ0n) is 12.3. The monoisotopic (exact) mass is 290 g/mol. The van der Waals surface area contributed by atoms with Crippen molar-refractivity contribution in [3.05, 3.63) is 0 Å². The standard InChI is InChI=1S/C12H22N2O6/c1-5-20-9(15)8-14(6-7-19-4)11(18)13-12(2,3)10(16)17/h5-8H2,1-4H3,(H,13,18)(H,16,17). The molecular formula is C12H22N2O6. The summed E-state index contributed by atoms with van der Waals surface area (Å²) in [6, 6.07) is -0.664. The second kappa shape index (κ2) is 8.36. The summed E-state index contributed by atoms with van der Waals surface area (Å²) < 4.78 is 9.61. The zero-order chi connectivity index (χ0) is 15.8. The van der Waals surface area contributed by atoms with Crippen molar-refractivity contribution in [1.29, 1.82) is 0 Å². The number of carbonyl (C=O) groups excluding carboxylic acids is 2. The van der Waals surface area contributed by atoms with Gasteiger partial charge < -0.3 is 24.8 Å². The van der Waals surface area contributed by atoms with Gasteiger partial charge in [0.05, 0.1) is 13.2 Å². The number of nitrogens with one attached hydrogen (secondary N) is 1. The molecule has 0 unspecified atom stereocenters. The maximum atomic E-state index is 12.0. The number of carboxylic acid groups (broad SMARTS) is 1. The van der Waals surface area contributed by atoms with Crippen molar-refractivity contribution in [2.45, 2.75) is 26.3 Å². The van der Waals surface area contributed by atoms with E-state index in [1.54, 1.807) is 6.92 Å². The Hall–Kier alpha value is -1.83. The molecular weight excluding hydrogens is 268 g/mol. The van der Waals surface area contributed by atoms with Crippen LogP contribution in [-0.2, 0) is 19.1 Å². The molecule has 0 aliphatic heterocycles. The van der Waals surface area contributed by atoms with Crippen LogP contribution in [0.5, 0.6) is 0 Å². The molecule has 0 saturated carbocycles. The molecule has 0 aromatic rings. The first-order chi connectivity index (χ1) is 9.24. The van der Waals surface area contributed by atoms with Crippen LogP contribution in [0.25, 0.3) is 0 Å². The van der Waals surface area contributed by atoms with Gasteiger partial charge in [-0.1, -0.05) is 0 Å². The van der Waals surface area contributed by atoms with E-state index in [9.17, 15) is 14.4 Å². The lowest BCUT2D eigenvalue weighted by Crippen LogP contribution is -2.55. The van der Waals surface area contributed by atoms with Gasteiger partial charge in [0, 0.05) is 13.7 Å². The summed E-state index contributed by atoms with van der Waals surface area (Å²) in [6.45, 7) is 4.68. The van der Waals surface area contributed by atoms with E-state index in [0.717, 1.165) is 4.90 Å². The van der Waals surface area contributed by atoms with Crippen LogP contribution in [0.15, 0.2) is 0 Å². The molecule has 116 valence electrons. The van der Waals surface area contributed by atoms with Crippen molar-refractivity contribution < 1.29 is 29.0 Å². The number of esters is 1. The highest BCUT2D eigenvalue weighted by Crippen LogP contribution is 2.04. The molecule has 0 atom stereocenters. The third-order valence-corrected chi connectivity index (χ3v) is 2.43. The van der Waals surface area contributed by atoms with E-state index in [1.165, 1.54) is 21.0 Å². The summed E-state index contributed by atoms with van der Waals surface area (Å²) in [4.78, 5) is 35.5. The van der Waals surface area contributed by atoms with Crippen LogP contribution < -0.4 is 5.32 Å². The maximum Gasteiger partial charge on any atom is 0.328 e. The molecule has 0 bridgehead atoms. The smallest absolute Gasteiger partial charge is 0.328 e. The van der Waals surface area contributed by atoms with Crippen LogP contribution >= 0.6 is 0 Å². The predicted octanol–water partition coefficient (Wildman–Crippen LogP) is 0.0707. The number of hydrogen-bond acceptors (Lipinski definition) is 5. The van der Waals surface area contributed by atoms with Gasteiger partial charge in [-0.25, -0.2) is 9.59 Å². The third kappa shape index (κ3) is 6.37. The zero-order valence-corrected chi connectivity index (χ0v) is 12.3. The van der Waals surface area contributed by atoms with Gasteiger partial charge in [0.15, 0.2) is 0 Å². The number of methoxy groups -OCH3 is 1. The molecule has 8 nitrogen and oxygen atoms in total. The van der Waals surface area contributed by atoms with E-state index in [4.69, 9.17) is 14.6 Å². The lowest BCUT2D eigenvalue weighted by molar-refractivity contribution is -0.143. The van der Waals surface area contributed by atoms with Gasteiger partial charge in [0.25, 0.3) is 0 Å². The van der Waals surface area contributed by atoms with Gasteiger partial charge in [-0.2, -0.15) is 0 Å². The van der Waals surface area contributed by atoms with Crippen LogP contribution in [0.2, 0.25) is 0 Å². The summed E-state index contributed by atoms with van der Waals surface area (Å²) in [7, 11) is 1.46. The normalized spacial score (nSPS) is 10.8. The lowest BCUT2D eigenvalue weighted by atomic mass is 10.1. The first-order valence-corrected chi connectivity index (χ1v) is 6.19. The Morgan fingerprint density at radius 2 is 1.90 bits per heavy atom. The molecule has 0 radical (unpaired) electrons. The van der Waals surface area contributed by atoms with Crippen LogP contribution in [0.1, 0.15) is 20.8 Å². The van der Waals surface area contributed by atoms with Crippen LogP contribution in [0.3, 0.4) is 0 Å². The van der Waals surface area contributed by atoms with Gasteiger partial charge in [-0.05, 0) is 20.8 Å². The van der Waals surface area contributed by atoms with E-state index in [2.05, 4.69) is 5.32 Å². The number of ether oxygens (including phenoxy) is 2. The third-order valence-electron chi connectivity index (χ3n) is 2.43. The fourth-order valence-corrected chi connectivity index (χ4v) is 1.22. The number of carboxylic acids is 1. The Labute approximate surface area is 118 Å². The number of rotatable bonds is 8. The van der Waals surface area contributed by atoms with E-state index < -0.39 is 23.5 Å². The largest absolute Gasteiger partial charge is 0.480 e. The Morgan fingerprint density at radius 3 is 2.35 bits per heavy atom. The van der Waals surface area contributed by atoms with Crippen molar-refractivity contribution >= 4 is 18.0 Å². The topological polar surface area (TPSA) is 105 Å². The average molecular weight is 290 g/mol. The molecule has 0 aromatic carbocycles. The average Bonchev–Trinajstić information content (AvgIpc) is 2.33. The van der Waals surface area contributed by atoms with E-state index in [0.29, 0.717) is 0 Å². The highest BCUT2D eigenvalue weighted by atomic mass is 16.5. The minimum absolute atomic E-state index is 0.150. The van der Waals surface area contributed by atoms with Crippen molar-refractivity contribution in [1.82, 2.24) is 10.2 Å². The quantitative estimate of drug-likeness (QED) is 0.613. The van der Waals surface area contributed by atoms with Crippen molar-refractivity contribution in [3.8, 4) is 0 Å². The molecule has 2 amide bonds.